The Kier molecular flexibility index (Phi) is 14.8. The monoisotopic (exact) mass is 1030 g/mol. The predicted octanol–water partition coefficient (Wildman–Crippen LogP) is 7.24. The standard InChI is InChI=1S/C50H51Cl3FNO15/c1-26-32(67-44(61)38(68-45(62)65-25-50(51,52)53)36(29-16-10-7-11-17-29)55-42(59)30-18-12-8-13-19-30)23-49(63)41(69-43(60)31-20-14-9-15-21-31)39-47(6,33(54)22-34-48(39,24-64-34)70-28(3)57)40(58)37(66-27(2)56)35(26)46(49,4)5/h7-21,32-34,36-39,41,63H,22-25H2,1-6H3,(H,55,59)/t32-,33?,34+,36-,37+,38+,39-,41-,47+,48-,49+/m0/s1. The molecular formula is C50H51Cl3FNO15. The van der Waals surface area contributed by atoms with E-state index in [9.17, 15) is 29.1 Å². The molecule has 1 aliphatic heterocycles. The van der Waals surface area contributed by atoms with Crippen molar-refractivity contribution in [1.82, 2.24) is 5.32 Å². The van der Waals surface area contributed by atoms with Gasteiger partial charge < -0.3 is 43.6 Å². The molecule has 3 aromatic carbocycles. The number of halogens is 4. The third-order valence-corrected chi connectivity index (χ3v) is 14.3. The lowest BCUT2D eigenvalue weighted by Crippen LogP contribution is -2.81. The number of benzene rings is 3. The minimum atomic E-state index is -2.56. The molecule has 1 amide bonds. The van der Waals surface area contributed by atoms with Gasteiger partial charge in [0, 0.05) is 37.7 Å². The number of hydrogen-bond acceptors (Lipinski definition) is 15. The van der Waals surface area contributed by atoms with E-state index in [2.05, 4.69) is 5.32 Å². The van der Waals surface area contributed by atoms with E-state index in [1.54, 1.807) is 54.6 Å². The summed E-state index contributed by atoms with van der Waals surface area (Å²) in [4.78, 5) is 98.5. The number of esters is 4. The Bertz CT molecular complexity index is 2560. The number of nitrogens with one attached hydrogen (secondary N) is 1. The summed E-state index contributed by atoms with van der Waals surface area (Å²) in [5.74, 6) is -7.76. The van der Waals surface area contributed by atoms with Gasteiger partial charge in [0.15, 0.2) is 17.5 Å². The highest BCUT2D eigenvalue weighted by atomic mass is 35.6. The Morgan fingerprint density at radius 1 is 0.857 bits per heavy atom. The Labute approximate surface area is 417 Å². The van der Waals surface area contributed by atoms with Crippen LogP contribution in [0.25, 0.3) is 0 Å². The molecule has 3 aromatic rings. The summed E-state index contributed by atoms with van der Waals surface area (Å²) in [6.45, 7) is 6.51. The van der Waals surface area contributed by atoms with Gasteiger partial charge in [-0.1, -0.05) is 115 Å². The van der Waals surface area contributed by atoms with Crippen molar-refractivity contribution in [2.24, 2.45) is 16.7 Å². The van der Waals surface area contributed by atoms with Gasteiger partial charge in [0.1, 0.15) is 42.7 Å². The van der Waals surface area contributed by atoms with Crippen molar-refractivity contribution in [3.8, 4) is 0 Å². The number of fused-ring (bicyclic) bond motifs is 5. The number of aliphatic hydroxyl groups is 1. The van der Waals surface area contributed by atoms with Crippen LogP contribution in [0.1, 0.15) is 86.7 Å². The average Bonchev–Trinajstić information content (AvgIpc) is 3.30. The number of carbonyl (C=O) groups excluding carboxylic acids is 7. The Balaban J connectivity index is 1.42. The molecule has 3 fully saturated rings. The number of alkyl halides is 4. The van der Waals surface area contributed by atoms with Crippen molar-refractivity contribution in [2.45, 2.75) is 112 Å². The molecule has 2 saturated carbocycles. The number of rotatable bonds is 12. The molecule has 2 N–H and O–H groups in total. The second kappa shape index (κ2) is 19.9. The average molecular weight is 1030 g/mol. The van der Waals surface area contributed by atoms with Gasteiger partial charge in [-0.05, 0) is 54.8 Å². The van der Waals surface area contributed by atoms with Gasteiger partial charge in [0.2, 0.25) is 9.90 Å². The normalized spacial score (nSPS) is 29.7. The van der Waals surface area contributed by atoms with Gasteiger partial charge in [0.25, 0.3) is 5.91 Å². The molecule has 1 heterocycles. The smallest absolute Gasteiger partial charge is 0.455 e. The number of ketones is 1. The van der Waals surface area contributed by atoms with Crippen LogP contribution in [0.2, 0.25) is 0 Å². The van der Waals surface area contributed by atoms with Gasteiger partial charge in [-0.2, -0.15) is 0 Å². The van der Waals surface area contributed by atoms with Crippen LogP contribution < -0.4 is 5.32 Å². The Morgan fingerprint density at radius 3 is 1.99 bits per heavy atom. The molecule has 374 valence electrons. The second-order valence-corrected chi connectivity index (χ2v) is 21.1. The van der Waals surface area contributed by atoms with Crippen LogP contribution in [0.15, 0.2) is 102 Å². The van der Waals surface area contributed by atoms with Crippen LogP contribution in [0.5, 0.6) is 0 Å². The zero-order valence-electron chi connectivity index (χ0n) is 38.8. The van der Waals surface area contributed by atoms with Gasteiger partial charge in [-0.3, -0.25) is 19.2 Å². The van der Waals surface area contributed by atoms with Crippen LogP contribution in [0, 0.1) is 16.7 Å². The molecule has 0 spiro atoms. The van der Waals surface area contributed by atoms with E-state index in [1.807, 2.05) is 0 Å². The number of ether oxygens (including phenoxy) is 7. The van der Waals surface area contributed by atoms with Crippen LogP contribution in [0.4, 0.5) is 9.18 Å². The largest absolute Gasteiger partial charge is 0.509 e. The Hall–Kier alpha value is -5.59. The van der Waals surface area contributed by atoms with E-state index in [4.69, 9.17) is 68.0 Å². The lowest BCUT2D eigenvalue weighted by molar-refractivity contribution is -0.341. The SMILES string of the molecule is CC(=O)O[C@H]1C(=O)[C@]2(C)C(F)C[C@H]3OC[C@@]3(OC(C)=O)[C@H]2[C@H](OC(=O)c2ccccc2)[C@]2(O)C[C@H](OC(=O)[C@H](OC(=O)OCC(Cl)(Cl)Cl)[C@@H](NC(=O)c3ccccc3)c3ccccc3)C(C)=C1C2(C)C. The van der Waals surface area contributed by atoms with E-state index in [0.717, 1.165) is 13.8 Å². The summed E-state index contributed by atoms with van der Waals surface area (Å²) in [6.07, 6.45) is -13.8. The number of hydrogen-bond donors (Lipinski definition) is 2. The van der Waals surface area contributed by atoms with E-state index in [0.29, 0.717) is 0 Å². The van der Waals surface area contributed by atoms with E-state index in [-0.39, 0.29) is 27.8 Å². The van der Waals surface area contributed by atoms with Crippen LogP contribution in [-0.2, 0) is 52.3 Å². The van der Waals surface area contributed by atoms with E-state index in [1.165, 1.54) is 64.1 Å². The van der Waals surface area contributed by atoms with Crippen LogP contribution in [-0.4, -0.2) is 112 Å². The second-order valence-electron chi connectivity index (χ2n) is 18.6. The third kappa shape index (κ3) is 9.74. The fraction of sp³-hybridized carbons (Fsp3) is 0.460. The van der Waals surface area contributed by atoms with Gasteiger partial charge in [-0.25, -0.2) is 18.8 Å². The maximum absolute atomic E-state index is 17.4. The maximum Gasteiger partial charge on any atom is 0.509 e. The molecule has 70 heavy (non-hydrogen) atoms. The molecule has 4 aliphatic rings. The highest BCUT2D eigenvalue weighted by molar-refractivity contribution is 6.67. The third-order valence-electron chi connectivity index (χ3n) is 14.0. The summed E-state index contributed by atoms with van der Waals surface area (Å²) in [5, 5.41) is 16.6. The molecule has 16 nitrogen and oxygen atoms in total. The summed E-state index contributed by atoms with van der Waals surface area (Å²) in [5.41, 5.74) is -8.38. The van der Waals surface area contributed by atoms with Crippen molar-refractivity contribution >= 4 is 76.5 Å². The molecule has 2 bridgehead atoms. The number of carbonyl (C=O) groups is 7. The molecule has 1 saturated heterocycles. The van der Waals surface area contributed by atoms with Gasteiger partial charge in [0.05, 0.1) is 23.5 Å². The molecule has 20 heteroatoms. The van der Waals surface area contributed by atoms with Crippen molar-refractivity contribution in [3.63, 3.8) is 0 Å². The van der Waals surface area contributed by atoms with Crippen LogP contribution in [0.3, 0.4) is 0 Å². The lowest BCUT2D eigenvalue weighted by Gasteiger charge is -2.67. The maximum atomic E-state index is 17.4. The van der Waals surface area contributed by atoms with E-state index < -0.39 is 142 Å². The molecule has 7 rings (SSSR count). The molecular weight excluding hydrogens is 980 g/mol. The highest BCUT2D eigenvalue weighted by Gasteiger charge is 2.79. The first kappa shape index (κ1) is 52.2. The van der Waals surface area contributed by atoms with Crippen molar-refractivity contribution in [3.05, 3.63) is 119 Å². The highest BCUT2D eigenvalue weighted by Crippen LogP contribution is 2.65. The first-order chi connectivity index (χ1) is 32.9. The Morgan fingerprint density at radius 2 is 1.44 bits per heavy atom. The molecule has 1 unspecified atom stereocenters. The summed E-state index contributed by atoms with van der Waals surface area (Å²) < 4.78 is 56.2. The van der Waals surface area contributed by atoms with Crippen LogP contribution >= 0.6 is 34.8 Å². The first-order valence-corrected chi connectivity index (χ1v) is 23.4. The first-order valence-electron chi connectivity index (χ1n) is 22.2. The van der Waals surface area contributed by atoms with Gasteiger partial charge in [-0.15, -0.1) is 0 Å². The quantitative estimate of drug-likeness (QED) is 0.0791. The van der Waals surface area contributed by atoms with Crippen molar-refractivity contribution < 1.29 is 76.2 Å². The lowest BCUT2D eigenvalue weighted by atomic mass is 9.45. The van der Waals surface area contributed by atoms with E-state index >= 15 is 14.0 Å². The van der Waals surface area contributed by atoms with Crippen molar-refractivity contribution in [1.29, 1.82) is 0 Å². The predicted molar refractivity (Wildman–Crippen MR) is 247 cm³/mol. The molecule has 0 radical (unpaired) electrons. The number of amides is 1. The fourth-order valence-corrected chi connectivity index (χ4v) is 10.7. The summed E-state index contributed by atoms with van der Waals surface area (Å²) in [7, 11) is 0. The molecule has 3 aliphatic carbocycles. The zero-order chi connectivity index (χ0) is 51.1. The van der Waals surface area contributed by atoms with Crippen molar-refractivity contribution in [2.75, 3.05) is 13.2 Å². The van der Waals surface area contributed by atoms with Gasteiger partial charge >= 0.3 is 30.0 Å². The summed E-state index contributed by atoms with van der Waals surface area (Å²) in [6, 6.07) is 21.8. The topological polar surface area (TPSA) is 216 Å². The number of Topliss-reactive ketones (excluding diaryl/α,β-unsaturated/α-hetero) is 1. The minimum Gasteiger partial charge on any atom is -0.455 e. The molecule has 11 atom stereocenters. The molecule has 0 aromatic heterocycles. The fourth-order valence-electron chi connectivity index (χ4n) is 10.5. The minimum absolute atomic E-state index is 0.0100. The summed E-state index contributed by atoms with van der Waals surface area (Å²) >= 11 is 17.6. The zero-order valence-corrected chi connectivity index (χ0v) is 41.0.